The Hall–Kier alpha value is -1.85. The largest absolute Gasteiger partial charge is 0.444 e. The van der Waals surface area contributed by atoms with Crippen molar-refractivity contribution in [2.45, 2.75) is 51.6 Å². The van der Waals surface area contributed by atoms with Crippen molar-refractivity contribution in [3.63, 3.8) is 0 Å². The number of nitrogens with two attached hydrogens (primary N) is 1. The number of nitrogens with zero attached hydrogens (tertiary/aromatic N) is 3. The van der Waals surface area contributed by atoms with E-state index in [0.717, 1.165) is 31.5 Å². The van der Waals surface area contributed by atoms with Crippen molar-refractivity contribution >= 4 is 11.8 Å². The lowest BCUT2D eigenvalue weighted by atomic mass is 9.96. The molecule has 1 amide bonds. The number of aromatic nitrogens is 2. The zero-order valence-electron chi connectivity index (χ0n) is 13.0. The predicted molar refractivity (Wildman–Crippen MR) is 80.8 cm³/mol. The van der Waals surface area contributed by atoms with Gasteiger partial charge in [-0.15, -0.1) is 0 Å². The SMILES string of the molecule is CC(C)(C)OC(=O)N1CCCC(c2ncncc2N)CC1. The van der Waals surface area contributed by atoms with Gasteiger partial charge in [0, 0.05) is 19.0 Å². The van der Waals surface area contributed by atoms with E-state index >= 15 is 0 Å². The van der Waals surface area contributed by atoms with Crippen molar-refractivity contribution in [1.29, 1.82) is 0 Å². The minimum atomic E-state index is -0.458. The molecule has 1 atom stereocenters. The zero-order chi connectivity index (χ0) is 15.5. The molecule has 0 bridgehead atoms. The fourth-order valence-electron chi connectivity index (χ4n) is 2.57. The Morgan fingerprint density at radius 3 is 2.81 bits per heavy atom. The molecule has 1 unspecified atom stereocenters. The first-order chi connectivity index (χ1) is 9.87. The van der Waals surface area contributed by atoms with Gasteiger partial charge in [0.1, 0.15) is 11.9 Å². The highest BCUT2D eigenvalue weighted by Crippen LogP contribution is 2.30. The van der Waals surface area contributed by atoms with Gasteiger partial charge in [-0.1, -0.05) is 0 Å². The molecule has 0 spiro atoms. The number of hydrogen-bond donors (Lipinski definition) is 1. The number of amides is 1. The van der Waals surface area contributed by atoms with Gasteiger partial charge in [0.2, 0.25) is 0 Å². The number of nitrogen functional groups attached to an aromatic ring is 1. The first-order valence-electron chi connectivity index (χ1n) is 7.40. The molecule has 2 heterocycles. The van der Waals surface area contributed by atoms with Gasteiger partial charge in [-0.25, -0.2) is 14.8 Å². The summed E-state index contributed by atoms with van der Waals surface area (Å²) in [5.74, 6) is 0.278. The van der Waals surface area contributed by atoms with Crippen LogP contribution in [0.15, 0.2) is 12.5 Å². The molecule has 0 saturated carbocycles. The molecule has 6 heteroatoms. The Morgan fingerprint density at radius 2 is 2.14 bits per heavy atom. The minimum Gasteiger partial charge on any atom is -0.444 e. The lowest BCUT2D eigenvalue weighted by molar-refractivity contribution is 0.0256. The van der Waals surface area contributed by atoms with Crippen LogP contribution >= 0.6 is 0 Å². The molecule has 116 valence electrons. The third-order valence-electron chi connectivity index (χ3n) is 3.54. The molecule has 1 aromatic rings. The molecule has 21 heavy (non-hydrogen) atoms. The van der Waals surface area contributed by atoms with Crippen molar-refractivity contribution in [3.05, 3.63) is 18.2 Å². The molecule has 1 saturated heterocycles. The van der Waals surface area contributed by atoms with E-state index in [1.165, 1.54) is 6.33 Å². The second-order valence-corrected chi connectivity index (χ2v) is 6.46. The lowest BCUT2D eigenvalue weighted by Gasteiger charge is -2.26. The molecule has 6 nitrogen and oxygen atoms in total. The molecule has 0 radical (unpaired) electrons. The molecule has 1 fully saturated rings. The van der Waals surface area contributed by atoms with Crippen molar-refractivity contribution in [2.75, 3.05) is 18.8 Å². The van der Waals surface area contributed by atoms with Gasteiger partial charge in [-0.3, -0.25) is 0 Å². The third-order valence-corrected chi connectivity index (χ3v) is 3.54. The molecule has 2 rings (SSSR count). The number of carbonyl (C=O) groups is 1. The minimum absolute atomic E-state index is 0.237. The standard InChI is InChI=1S/C15H24N4O2/c1-15(2,3)21-14(20)19-7-4-5-11(6-8-19)13-12(16)9-17-10-18-13/h9-11H,4-8,16H2,1-3H3. The van der Waals surface area contributed by atoms with Gasteiger partial charge in [-0.05, 0) is 40.0 Å². The molecule has 2 N–H and O–H groups in total. The summed E-state index contributed by atoms with van der Waals surface area (Å²) in [4.78, 5) is 22.1. The summed E-state index contributed by atoms with van der Waals surface area (Å²) in [5.41, 5.74) is 7.02. The maximum Gasteiger partial charge on any atom is 0.410 e. The van der Waals surface area contributed by atoms with Crippen LogP contribution in [0.3, 0.4) is 0 Å². The van der Waals surface area contributed by atoms with Crippen LogP contribution in [-0.2, 0) is 4.74 Å². The fourth-order valence-corrected chi connectivity index (χ4v) is 2.57. The van der Waals surface area contributed by atoms with E-state index in [4.69, 9.17) is 10.5 Å². The second-order valence-electron chi connectivity index (χ2n) is 6.46. The van der Waals surface area contributed by atoms with E-state index in [9.17, 15) is 4.79 Å². The molecule has 1 aliphatic rings. The van der Waals surface area contributed by atoms with E-state index < -0.39 is 5.60 Å². The number of carbonyl (C=O) groups excluding carboxylic acids is 1. The highest BCUT2D eigenvalue weighted by molar-refractivity contribution is 5.68. The Morgan fingerprint density at radius 1 is 1.38 bits per heavy atom. The lowest BCUT2D eigenvalue weighted by Crippen LogP contribution is -2.37. The molecular weight excluding hydrogens is 268 g/mol. The van der Waals surface area contributed by atoms with E-state index in [-0.39, 0.29) is 12.0 Å². The van der Waals surface area contributed by atoms with Crippen molar-refractivity contribution < 1.29 is 9.53 Å². The highest BCUT2D eigenvalue weighted by Gasteiger charge is 2.26. The molecular formula is C15H24N4O2. The van der Waals surface area contributed by atoms with E-state index in [1.807, 2.05) is 20.8 Å². The van der Waals surface area contributed by atoms with Gasteiger partial charge in [-0.2, -0.15) is 0 Å². The van der Waals surface area contributed by atoms with Crippen LogP contribution < -0.4 is 5.73 Å². The van der Waals surface area contributed by atoms with Gasteiger partial charge in [0.25, 0.3) is 0 Å². The molecule has 0 aliphatic carbocycles. The Bertz CT molecular complexity index is 499. The Labute approximate surface area is 125 Å². The van der Waals surface area contributed by atoms with E-state index in [2.05, 4.69) is 9.97 Å². The Balaban J connectivity index is 1.99. The van der Waals surface area contributed by atoms with Crippen molar-refractivity contribution in [2.24, 2.45) is 0 Å². The summed E-state index contributed by atoms with van der Waals surface area (Å²) in [6.07, 6.45) is 5.67. The van der Waals surface area contributed by atoms with Crippen LogP contribution in [0, 0.1) is 0 Å². The van der Waals surface area contributed by atoms with Crippen LogP contribution in [0.5, 0.6) is 0 Å². The number of ether oxygens (including phenoxy) is 1. The summed E-state index contributed by atoms with van der Waals surface area (Å²) in [7, 11) is 0. The summed E-state index contributed by atoms with van der Waals surface area (Å²) < 4.78 is 5.43. The van der Waals surface area contributed by atoms with Gasteiger partial charge >= 0.3 is 6.09 Å². The molecule has 1 aliphatic heterocycles. The maximum absolute atomic E-state index is 12.1. The summed E-state index contributed by atoms with van der Waals surface area (Å²) >= 11 is 0. The first kappa shape index (κ1) is 15.5. The van der Waals surface area contributed by atoms with E-state index in [0.29, 0.717) is 12.2 Å². The number of rotatable bonds is 1. The summed E-state index contributed by atoms with van der Waals surface area (Å²) in [6.45, 7) is 7.03. The smallest absolute Gasteiger partial charge is 0.410 e. The quantitative estimate of drug-likeness (QED) is 0.860. The third kappa shape index (κ3) is 4.31. The van der Waals surface area contributed by atoms with Gasteiger partial charge in [0.15, 0.2) is 0 Å². The monoisotopic (exact) mass is 292 g/mol. The highest BCUT2D eigenvalue weighted by atomic mass is 16.6. The average molecular weight is 292 g/mol. The fraction of sp³-hybridized carbons (Fsp3) is 0.667. The molecule has 1 aromatic heterocycles. The molecule has 0 aromatic carbocycles. The van der Waals surface area contributed by atoms with Crippen molar-refractivity contribution in [3.8, 4) is 0 Å². The topological polar surface area (TPSA) is 81.3 Å². The van der Waals surface area contributed by atoms with Crippen LogP contribution in [-0.4, -0.2) is 39.7 Å². The number of likely N-dealkylation sites (tertiary alicyclic amines) is 1. The first-order valence-corrected chi connectivity index (χ1v) is 7.40. The van der Waals surface area contributed by atoms with Crippen LogP contribution in [0.4, 0.5) is 10.5 Å². The number of hydrogen-bond acceptors (Lipinski definition) is 5. The average Bonchev–Trinajstić information content (AvgIpc) is 2.63. The predicted octanol–water partition coefficient (Wildman–Crippen LogP) is 2.56. The van der Waals surface area contributed by atoms with Crippen LogP contribution in [0.2, 0.25) is 0 Å². The van der Waals surface area contributed by atoms with Crippen molar-refractivity contribution in [1.82, 2.24) is 14.9 Å². The van der Waals surface area contributed by atoms with Crippen LogP contribution in [0.1, 0.15) is 51.6 Å². The summed E-state index contributed by atoms with van der Waals surface area (Å²) in [5, 5.41) is 0. The second kappa shape index (κ2) is 6.28. The van der Waals surface area contributed by atoms with Crippen LogP contribution in [0.25, 0.3) is 0 Å². The van der Waals surface area contributed by atoms with Gasteiger partial charge < -0.3 is 15.4 Å². The maximum atomic E-state index is 12.1. The van der Waals surface area contributed by atoms with E-state index in [1.54, 1.807) is 11.1 Å². The normalized spacial score (nSPS) is 20.0. The summed E-state index contributed by atoms with van der Waals surface area (Å²) in [6, 6.07) is 0. The number of anilines is 1. The Kier molecular flexibility index (Phi) is 4.65. The van der Waals surface area contributed by atoms with Gasteiger partial charge in [0.05, 0.1) is 17.6 Å². The zero-order valence-corrected chi connectivity index (χ0v) is 13.0.